The van der Waals surface area contributed by atoms with Gasteiger partial charge >= 0.3 is 6.03 Å². The number of primary sulfonamides is 1. The second-order valence-corrected chi connectivity index (χ2v) is 19.6. The summed E-state index contributed by atoms with van der Waals surface area (Å²) >= 11 is 0. The third kappa shape index (κ3) is 9.55. The zero-order valence-electron chi connectivity index (χ0n) is 33.7. The molecule has 0 radical (unpaired) electrons. The molecule has 2 amide bonds. The van der Waals surface area contributed by atoms with E-state index in [4.69, 9.17) is 24.6 Å². The number of hydrogen-bond donors (Lipinski definition) is 3. The topological polar surface area (TPSA) is 223 Å². The van der Waals surface area contributed by atoms with Gasteiger partial charge in [0.1, 0.15) is 5.75 Å². The van der Waals surface area contributed by atoms with Gasteiger partial charge in [-0.2, -0.15) is 18.6 Å². The van der Waals surface area contributed by atoms with Gasteiger partial charge in [0.25, 0.3) is 26.3 Å². The number of nitriles is 1. The molecule has 2 saturated heterocycles. The van der Waals surface area contributed by atoms with Crippen LogP contribution in [0.3, 0.4) is 0 Å². The van der Waals surface area contributed by atoms with E-state index in [-0.39, 0.29) is 10.1 Å². The second kappa shape index (κ2) is 18.0. The zero-order valence-corrected chi connectivity index (χ0v) is 35.3. The van der Waals surface area contributed by atoms with Crippen molar-refractivity contribution in [3.63, 3.8) is 0 Å². The van der Waals surface area contributed by atoms with Gasteiger partial charge in [-0.1, -0.05) is 12.1 Å². The summed E-state index contributed by atoms with van der Waals surface area (Å²) in [7, 11) is -7.72. The average molecular weight is 861 g/mol. The van der Waals surface area contributed by atoms with Crippen LogP contribution in [0.15, 0.2) is 46.7 Å². The minimum atomic E-state index is -4.05. The van der Waals surface area contributed by atoms with Gasteiger partial charge in [0.2, 0.25) is 0 Å². The van der Waals surface area contributed by atoms with Crippen LogP contribution in [-0.4, -0.2) is 68.9 Å². The van der Waals surface area contributed by atoms with Gasteiger partial charge in [0, 0.05) is 56.2 Å². The molecule has 320 valence electrons. The molecular formula is C42H52N8O8S2. The summed E-state index contributed by atoms with van der Waals surface area (Å²) in [6.07, 6.45) is 19.9. The Labute approximate surface area is 350 Å². The average Bonchev–Trinajstić information content (AvgIpc) is 4.05. The molecule has 2 aromatic heterocycles. The van der Waals surface area contributed by atoms with Crippen LogP contribution in [0.4, 0.5) is 10.5 Å². The molecule has 0 saturated carbocycles. The Kier molecular flexibility index (Phi) is 12.6. The summed E-state index contributed by atoms with van der Waals surface area (Å²) in [6.45, 7) is 4.15. The Balaban J connectivity index is 0.000000139. The number of hydrogen-bond acceptors (Lipinski definition) is 11. The molecular weight excluding hydrogens is 809 g/mol. The highest BCUT2D eigenvalue weighted by Crippen LogP contribution is 2.40. The number of sulfonamides is 2. The third-order valence-corrected chi connectivity index (χ3v) is 14.3. The van der Waals surface area contributed by atoms with Crippen LogP contribution >= 0.6 is 0 Å². The molecule has 4 heterocycles. The van der Waals surface area contributed by atoms with E-state index in [0.29, 0.717) is 38.1 Å². The Bertz CT molecular complexity index is 2430. The van der Waals surface area contributed by atoms with Gasteiger partial charge in [0.05, 0.1) is 13.2 Å². The molecule has 2 atom stereocenters. The quantitative estimate of drug-likeness (QED) is 0.199. The normalized spacial score (nSPS) is 19.9. The van der Waals surface area contributed by atoms with Crippen LogP contribution in [0.5, 0.6) is 5.75 Å². The molecule has 18 heteroatoms. The van der Waals surface area contributed by atoms with Gasteiger partial charge in [-0.3, -0.25) is 9.36 Å². The fourth-order valence-electron chi connectivity index (χ4n) is 9.38. The van der Waals surface area contributed by atoms with Crippen LogP contribution in [0.2, 0.25) is 0 Å². The zero-order chi connectivity index (χ0) is 41.9. The monoisotopic (exact) mass is 860 g/mol. The lowest BCUT2D eigenvalue weighted by Gasteiger charge is -2.16. The van der Waals surface area contributed by atoms with Crippen molar-refractivity contribution in [3.8, 4) is 12.0 Å². The number of nitrogens with two attached hydrogens (primary N) is 1. The molecule has 4 aromatic rings. The van der Waals surface area contributed by atoms with Gasteiger partial charge in [-0.25, -0.2) is 23.1 Å². The number of rotatable bonds is 9. The van der Waals surface area contributed by atoms with E-state index < -0.39 is 26.1 Å². The minimum Gasteiger partial charge on any atom is -0.387 e. The highest BCUT2D eigenvalue weighted by Gasteiger charge is 2.28. The van der Waals surface area contributed by atoms with E-state index in [1.54, 1.807) is 21.8 Å². The molecule has 60 heavy (non-hydrogen) atoms. The SMILES string of the molecule is N#COc1c2c(cc3c1CCC3)CCC2.NS(=O)(=O)c1ccn(CC2CCOC2)n1.O=C(Nc1c2c(cc3c1CCC3)CCC2)NS(=O)(=O)c1ccn(CC2CCOC2)n1. The maximum Gasteiger partial charge on any atom is 0.333 e. The molecule has 2 fully saturated rings. The van der Waals surface area contributed by atoms with Crippen molar-refractivity contribution in [2.45, 2.75) is 113 Å². The summed E-state index contributed by atoms with van der Waals surface area (Å²) in [5, 5.41) is 24.3. The van der Waals surface area contributed by atoms with Crippen LogP contribution < -0.4 is 19.9 Å². The number of ether oxygens (including phenoxy) is 3. The molecule has 0 bridgehead atoms. The Morgan fingerprint density at radius 3 is 1.67 bits per heavy atom. The Hall–Kier alpha value is -4.80. The van der Waals surface area contributed by atoms with Crippen molar-refractivity contribution >= 4 is 31.8 Å². The van der Waals surface area contributed by atoms with E-state index >= 15 is 0 Å². The van der Waals surface area contributed by atoms with Crippen LogP contribution in [0.1, 0.15) is 83.0 Å². The first-order valence-electron chi connectivity index (χ1n) is 20.9. The van der Waals surface area contributed by atoms with Crippen molar-refractivity contribution in [1.29, 1.82) is 5.26 Å². The summed E-state index contributed by atoms with van der Waals surface area (Å²) < 4.78 is 68.4. The van der Waals surface area contributed by atoms with Crippen molar-refractivity contribution in [3.05, 3.63) is 81.2 Å². The number of carbonyl (C=O) groups is 1. The smallest absolute Gasteiger partial charge is 0.333 e. The molecule has 2 unspecified atom stereocenters. The van der Waals surface area contributed by atoms with Crippen LogP contribution in [-0.2, 0) is 94.0 Å². The summed E-state index contributed by atoms with van der Waals surface area (Å²) in [4.78, 5) is 12.6. The number of urea groups is 1. The first-order chi connectivity index (χ1) is 28.9. The maximum atomic E-state index is 12.7. The number of carbonyl (C=O) groups excluding carboxylic acids is 1. The number of anilines is 1. The van der Waals surface area contributed by atoms with Crippen molar-refractivity contribution in [2.75, 3.05) is 31.7 Å². The van der Waals surface area contributed by atoms with E-state index in [1.807, 2.05) is 6.26 Å². The third-order valence-electron chi connectivity index (χ3n) is 12.2. The number of aromatic nitrogens is 4. The minimum absolute atomic E-state index is 0.0820. The Morgan fingerprint density at radius 1 is 0.750 bits per heavy atom. The fraction of sp³-hybridized carbons (Fsp3) is 0.524. The van der Waals surface area contributed by atoms with E-state index in [2.05, 4.69) is 32.4 Å². The molecule has 6 aliphatic rings. The first-order valence-corrected chi connectivity index (χ1v) is 24.0. The van der Waals surface area contributed by atoms with Crippen LogP contribution in [0.25, 0.3) is 0 Å². The molecule has 2 aliphatic heterocycles. The van der Waals surface area contributed by atoms with Crippen molar-refractivity contribution in [1.82, 2.24) is 24.3 Å². The first kappa shape index (κ1) is 41.9. The lowest BCUT2D eigenvalue weighted by molar-refractivity contribution is 0.181. The lowest BCUT2D eigenvalue weighted by Crippen LogP contribution is -2.35. The van der Waals surface area contributed by atoms with Crippen molar-refractivity contribution < 1.29 is 35.8 Å². The van der Waals surface area contributed by atoms with Gasteiger partial charge in [-0.15, -0.1) is 5.26 Å². The van der Waals surface area contributed by atoms with Crippen LogP contribution in [0, 0.1) is 23.4 Å². The number of aryl methyl sites for hydroxylation is 4. The summed E-state index contributed by atoms with van der Waals surface area (Å²) in [5.74, 6) is 1.65. The summed E-state index contributed by atoms with van der Waals surface area (Å²) in [5.41, 5.74) is 11.1. The molecule has 4 N–H and O–H groups in total. The largest absolute Gasteiger partial charge is 0.387 e. The highest BCUT2D eigenvalue weighted by atomic mass is 32.2. The molecule has 2 aromatic carbocycles. The number of benzene rings is 2. The number of nitrogens with one attached hydrogen (secondary N) is 2. The predicted molar refractivity (Wildman–Crippen MR) is 220 cm³/mol. The number of nitrogens with zero attached hydrogens (tertiary/aromatic N) is 5. The predicted octanol–water partition coefficient (Wildman–Crippen LogP) is 4.50. The molecule has 0 spiro atoms. The standard InChI is InChI=1S/C21H26N4O4S.C13H13NO.C8H13N3O3S/c26-21(22-20-17-5-1-3-15(17)11-16-4-2-6-18(16)20)24-30(27,28)19-7-9-25(23-19)12-14-8-10-29-13-14;14-8-15-13-11-5-1-3-9(11)7-10-4-2-6-12(10)13;9-15(12,13)8-1-3-11(10-8)5-7-2-4-14-6-7/h7,9,11,14H,1-6,8,10,12-13H2,(H2,22,24,26);7H,1-6H2;1,3,7H,2,4-6H2,(H2,9,12,13). The Morgan fingerprint density at radius 2 is 1.22 bits per heavy atom. The molecule has 10 rings (SSSR count). The lowest BCUT2D eigenvalue weighted by atomic mass is 9.99. The van der Waals surface area contributed by atoms with E-state index in [0.717, 1.165) is 113 Å². The number of amides is 2. The second-order valence-electron chi connectivity index (χ2n) is 16.4. The number of fused-ring (bicyclic) bond motifs is 4. The molecule has 16 nitrogen and oxygen atoms in total. The van der Waals surface area contributed by atoms with Gasteiger partial charge < -0.3 is 19.5 Å². The van der Waals surface area contributed by atoms with E-state index in [9.17, 15) is 21.6 Å². The molecule has 4 aliphatic carbocycles. The van der Waals surface area contributed by atoms with Gasteiger partial charge in [-0.05, 0) is 147 Å². The van der Waals surface area contributed by atoms with Gasteiger partial charge in [0.15, 0.2) is 10.1 Å². The van der Waals surface area contributed by atoms with E-state index in [1.165, 1.54) is 58.4 Å². The van der Waals surface area contributed by atoms with Crippen molar-refractivity contribution in [2.24, 2.45) is 17.0 Å². The highest BCUT2D eigenvalue weighted by molar-refractivity contribution is 7.90. The maximum absolute atomic E-state index is 12.7. The fourth-order valence-corrected chi connectivity index (χ4v) is 10.7. The summed E-state index contributed by atoms with van der Waals surface area (Å²) in [6, 6.07) is 6.71.